The Bertz CT molecular complexity index is 368. The lowest BCUT2D eigenvalue weighted by atomic mass is 10.0. The number of carbonyl (C=O) groups is 1. The van der Waals surface area contributed by atoms with E-state index in [0.717, 1.165) is 29.3 Å². The molecule has 17 heavy (non-hydrogen) atoms. The third-order valence-electron chi connectivity index (χ3n) is 2.68. The summed E-state index contributed by atoms with van der Waals surface area (Å²) >= 11 is 3.41. The second kappa shape index (κ2) is 8.24. The van der Waals surface area contributed by atoms with Gasteiger partial charge in [-0.15, -0.1) is 0 Å². The molecule has 1 nitrogen and oxygen atoms in total. The number of alkyl halides is 1. The van der Waals surface area contributed by atoms with Crippen molar-refractivity contribution in [1.82, 2.24) is 0 Å². The van der Waals surface area contributed by atoms with E-state index >= 15 is 0 Å². The molecule has 0 radical (unpaired) electrons. The van der Waals surface area contributed by atoms with Crippen molar-refractivity contribution in [3.8, 4) is 0 Å². The second-order valence-electron chi connectivity index (χ2n) is 4.12. The van der Waals surface area contributed by atoms with E-state index in [1.165, 1.54) is 12.8 Å². The molecule has 1 rings (SSSR count). The summed E-state index contributed by atoms with van der Waals surface area (Å²) in [5.74, 6) is 0.145. The molecule has 0 saturated carbocycles. The zero-order valence-electron chi connectivity index (χ0n) is 10.3. The fourth-order valence-electron chi connectivity index (χ4n) is 1.64. The van der Waals surface area contributed by atoms with Crippen LogP contribution in [0.1, 0.15) is 43.0 Å². The van der Waals surface area contributed by atoms with Crippen LogP contribution in [0.4, 0.5) is 0 Å². The molecule has 0 aliphatic carbocycles. The highest BCUT2D eigenvalue weighted by molar-refractivity contribution is 9.09. The highest BCUT2D eigenvalue weighted by Gasteiger charge is 2.06. The molecule has 0 unspecified atom stereocenters. The maximum Gasteiger partial charge on any atom is 0.188 e. The molecule has 0 N–H and O–H groups in total. The monoisotopic (exact) mass is 294 g/mol. The van der Waals surface area contributed by atoms with Crippen molar-refractivity contribution in [2.75, 3.05) is 5.33 Å². The highest BCUT2D eigenvalue weighted by atomic mass is 79.9. The Hall–Kier alpha value is -0.890. The molecule has 0 heterocycles. The molecule has 92 valence electrons. The number of rotatable bonds is 7. The standard InChI is InChI=1S/C15H19BrO/c1-13(9-5-2-3-8-12-16)15(17)14-10-6-4-7-11-14/h4,6-7,9-11H,2-3,5,8,12H2,1H3/b13-9+. The van der Waals surface area contributed by atoms with E-state index < -0.39 is 0 Å². The van der Waals surface area contributed by atoms with Crippen LogP contribution in [0.5, 0.6) is 0 Å². The van der Waals surface area contributed by atoms with Gasteiger partial charge in [-0.3, -0.25) is 4.79 Å². The van der Waals surface area contributed by atoms with Crippen LogP contribution >= 0.6 is 15.9 Å². The van der Waals surface area contributed by atoms with E-state index in [0.29, 0.717) is 0 Å². The lowest BCUT2D eigenvalue weighted by Crippen LogP contribution is -2.00. The lowest BCUT2D eigenvalue weighted by molar-refractivity contribution is 0.103. The number of halogens is 1. The average Bonchev–Trinajstić information content (AvgIpc) is 2.38. The van der Waals surface area contributed by atoms with E-state index in [4.69, 9.17) is 0 Å². The first kappa shape index (κ1) is 14.2. The Morgan fingerprint density at radius 2 is 1.88 bits per heavy atom. The number of allylic oxidation sites excluding steroid dienone is 2. The van der Waals surface area contributed by atoms with Gasteiger partial charge >= 0.3 is 0 Å². The molecule has 0 aromatic heterocycles. The summed E-state index contributed by atoms with van der Waals surface area (Å²) in [6.07, 6.45) is 6.64. The smallest absolute Gasteiger partial charge is 0.188 e. The lowest BCUT2D eigenvalue weighted by Gasteiger charge is -2.01. The van der Waals surface area contributed by atoms with E-state index in [1.807, 2.05) is 37.3 Å². The predicted octanol–water partition coefficient (Wildman–Crippen LogP) is 4.77. The van der Waals surface area contributed by atoms with E-state index in [-0.39, 0.29) is 5.78 Å². The molecule has 0 amide bonds. The molecule has 0 atom stereocenters. The molecule has 2 heteroatoms. The van der Waals surface area contributed by atoms with Crippen molar-refractivity contribution in [2.45, 2.75) is 32.6 Å². The number of unbranched alkanes of at least 4 members (excludes halogenated alkanes) is 3. The number of hydrogen-bond acceptors (Lipinski definition) is 1. The molecule has 0 spiro atoms. The Balaban J connectivity index is 2.44. The largest absolute Gasteiger partial charge is 0.289 e. The normalized spacial score (nSPS) is 11.5. The van der Waals surface area contributed by atoms with Crippen molar-refractivity contribution in [3.05, 3.63) is 47.5 Å². The van der Waals surface area contributed by atoms with Gasteiger partial charge in [-0.05, 0) is 31.8 Å². The van der Waals surface area contributed by atoms with E-state index in [1.54, 1.807) is 0 Å². The van der Waals surface area contributed by atoms with Crippen molar-refractivity contribution in [2.24, 2.45) is 0 Å². The third kappa shape index (κ3) is 5.31. The number of ketones is 1. The van der Waals surface area contributed by atoms with Crippen LogP contribution in [0.25, 0.3) is 0 Å². The van der Waals surface area contributed by atoms with Gasteiger partial charge < -0.3 is 0 Å². The van der Waals surface area contributed by atoms with Crippen molar-refractivity contribution < 1.29 is 4.79 Å². The fraction of sp³-hybridized carbons (Fsp3) is 0.400. The number of hydrogen-bond donors (Lipinski definition) is 0. The highest BCUT2D eigenvalue weighted by Crippen LogP contribution is 2.10. The Kier molecular flexibility index (Phi) is 6.87. The number of carbonyl (C=O) groups excluding carboxylic acids is 1. The first-order chi connectivity index (χ1) is 8.25. The van der Waals surface area contributed by atoms with Crippen LogP contribution in [0.3, 0.4) is 0 Å². The first-order valence-electron chi connectivity index (χ1n) is 6.08. The molecule has 0 bridgehead atoms. The van der Waals surface area contributed by atoms with Crippen molar-refractivity contribution >= 4 is 21.7 Å². The Morgan fingerprint density at radius 1 is 1.18 bits per heavy atom. The molecule has 1 aromatic carbocycles. The molecule has 0 fully saturated rings. The van der Waals surface area contributed by atoms with E-state index in [9.17, 15) is 4.79 Å². The zero-order chi connectivity index (χ0) is 12.5. The van der Waals surface area contributed by atoms with Crippen LogP contribution in [0.15, 0.2) is 42.0 Å². The van der Waals surface area contributed by atoms with Gasteiger partial charge in [0.15, 0.2) is 5.78 Å². The molecule has 0 saturated heterocycles. The van der Waals surface area contributed by atoms with Gasteiger partial charge in [-0.25, -0.2) is 0 Å². The SMILES string of the molecule is C/C(=C\CCCCCBr)C(=O)c1ccccc1. The maximum absolute atomic E-state index is 12.0. The Labute approximate surface area is 112 Å². The van der Waals surface area contributed by atoms with Gasteiger partial charge in [0.25, 0.3) is 0 Å². The first-order valence-corrected chi connectivity index (χ1v) is 7.20. The van der Waals surface area contributed by atoms with E-state index in [2.05, 4.69) is 22.0 Å². The summed E-state index contributed by atoms with van der Waals surface area (Å²) in [5.41, 5.74) is 1.64. The van der Waals surface area contributed by atoms with Crippen molar-refractivity contribution in [1.29, 1.82) is 0 Å². The van der Waals surface area contributed by atoms with Gasteiger partial charge in [0, 0.05) is 10.9 Å². The minimum atomic E-state index is 0.145. The van der Waals surface area contributed by atoms with Gasteiger partial charge in [0.05, 0.1) is 0 Å². The minimum Gasteiger partial charge on any atom is -0.289 e. The molecular formula is C15H19BrO. The summed E-state index contributed by atoms with van der Waals surface area (Å²) in [5, 5.41) is 1.07. The number of Topliss-reactive ketones (excluding diaryl/α,β-unsaturated/α-hetero) is 1. The minimum absolute atomic E-state index is 0.145. The van der Waals surface area contributed by atoms with Crippen LogP contribution in [0.2, 0.25) is 0 Å². The zero-order valence-corrected chi connectivity index (χ0v) is 11.9. The van der Waals surface area contributed by atoms with Gasteiger partial charge in [0.2, 0.25) is 0 Å². The quantitative estimate of drug-likeness (QED) is 0.306. The predicted molar refractivity (Wildman–Crippen MR) is 76.8 cm³/mol. The molecule has 0 aliphatic rings. The van der Waals surface area contributed by atoms with Crippen LogP contribution in [-0.2, 0) is 0 Å². The van der Waals surface area contributed by atoms with Gasteiger partial charge in [-0.1, -0.05) is 58.8 Å². The summed E-state index contributed by atoms with van der Waals surface area (Å²) in [4.78, 5) is 12.0. The summed E-state index contributed by atoms with van der Waals surface area (Å²) in [7, 11) is 0. The summed E-state index contributed by atoms with van der Waals surface area (Å²) in [6.45, 7) is 1.90. The fourth-order valence-corrected chi connectivity index (χ4v) is 2.04. The molecule has 0 aliphatic heterocycles. The van der Waals surface area contributed by atoms with Crippen LogP contribution < -0.4 is 0 Å². The summed E-state index contributed by atoms with van der Waals surface area (Å²) in [6, 6.07) is 9.46. The molecule has 1 aromatic rings. The average molecular weight is 295 g/mol. The van der Waals surface area contributed by atoms with Crippen molar-refractivity contribution in [3.63, 3.8) is 0 Å². The van der Waals surface area contributed by atoms with Gasteiger partial charge in [-0.2, -0.15) is 0 Å². The summed E-state index contributed by atoms with van der Waals surface area (Å²) < 4.78 is 0. The molecular weight excluding hydrogens is 276 g/mol. The second-order valence-corrected chi connectivity index (χ2v) is 4.91. The van der Waals surface area contributed by atoms with Crippen LogP contribution in [-0.4, -0.2) is 11.1 Å². The topological polar surface area (TPSA) is 17.1 Å². The van der Waals surface area contributed by atoms with Gasteiger partial charge in [0.1, 0.15) is 0 Å². The maximum atomic E-state index is 12.0. The number of benzene rings is 1. The Morgan fingerprint density at radius 3 is 2.53 bits per heavy atom. The third-order valence-corrected chi connectivity index (χ3v) is 3.24. The van der Waals surface area contributed by atoms with Crippen LogP contribution in [0, 0.1) is 0 Å².